The number of halogens is 1. The molecule has 0 fully saturated rings. The fourth-order valence-electron chi connectivity index (χ4n) is 1.64. The van der Waals surface area contributed by atoms with Gasteiger partial charge in [0.05, 0.1) is 0 Å². The smallest absolute Gasteiger partial charge is 0.263 e. The maximum atomic E-state index is 12.0. The fourth-order valence-corrected chi connectivity index (χ4v) is 1.82. The quantitative estimate of drug-likeness (QED) is 0.917. The average molecular weight is 277 g/mol. The number of rotatable bonds is 2. The Kier molecular flexibility index (Phi) is 3.71. The van der Waals surface area contributed by atoms with Crippen LogP contribution in [0.5, 0.6) is 0 Å². The molecule has 5 heteroatoms. The standard InChI is InChI=1S/C14H13ClN2O2/c1-9-5-6-10(8-12(9)15)16-13(18)11-4-3-7-17(2)14(11)19/h3-8H,1-2H3,(H,16,18). The SMILES string of the molecule is Cc1ccc(NC(=O)c2cccn(C)c2=O)cc1Cl. The van der Waals surface area contributed by atoms with E-state index in [4.69, 9.17) is 11.6 Å². The molecular formula is C14H13ClN2O2. The van der Waals surface area contributed by atoms with Crippen LogP contribution in [0.1, 0.15) is 15.9 Å². The second-order valence-electron chi connectivity index (χ2n) is 4.26. The number of amides is 1. The first-order chi connectivity index (χ1) is 8.99. The van der Waals surface area contributed by atoms with Gasteiger partial charge in [-0.2, -0.15) is 0 Å². The Balaban J connectivity index is 2.28. The van der Waals surface area contributed by atoms with E-state index in [0.29, 0.717) is 10.7 Å². The molecule has 0 aliphatic heterocycles. The molecule has 98 valence electrons. The summed E-state index contributed by atoms with van der Waals surface area (Å²) in [5, 5.41) is 3.23. The van der Waals surface area contributed by atoms with E-state index in [1.54, 1.807) is 37.5 Å². The molecule has 0 aliphatic carbocycles. The molecule has 0 atom stereocenters. The molecule has 19 heavy (non-hydrogen) atoms. The number of aryl methyl sites for hydroxylation is 2. The van der Waals surface area contributed by atoms with Gasteiger partial charge in [0.15, 0.2) is 0 Å². The minimum absolute atomic E-state index is 0.0988. The van der Waals surface area contributed by atoms with Gasteiger partial charge in [0.1, 0.15) is 5.56 Å². The summed E-state index contributed by atoms with van der Waals surface area (Å²) >= 11 is 5.98. The van der Waals surface area contributed by atoms with Crippen molar-refractivity contribution in [2.45, 2.75) is 6.92 Å². The van der Waals surface area contributed by atoms with E-state index in [1.165, 1.54) is 10.6 Å². The molecule has 0 bridgehead atoms. The first-order valence-corrected chi connectivity index (χ1v) is 6.10. The molecule has 2 rings (SSSR count). The van der Waals surface area contributed by atoms with Crippen LogP contribution < -0.4 is 10.9 Å². The van der Waals surface area contributed by atoms with E-state index < -0.39 is 5.91 Å². The van der Waals surface area contributed by atoms with Gasteiger partial charge in [-0.15, -0.1) is 0 Å². The Labute approximate surface area is 115 Å². The minimum atomic E-state index is -0.443. The third-order valence-electron chi connectivity index (χ3n) is 2.80. The Hall–Kier alpha value is -2.07. The molecule has 4 nitrogen and oxygen atoms in total. The first kappa shape index (κ1) is 13.4. The van der Waals surface area contributed by atoms with Crippen molar-refractivity contribution in [1.29, 1.82) is 0 Å². The van der Waals surface area contributed by atoms with Crippen LogP contribution in [0, 0.1) is 6.92 Å². The van der Waals surface area contributed by atoms with Gasteiger partial charge in [-0.05, 0) is 36.8 Å². The lowest BCUT2D eigenvalue weighted by molar-refractivity contribution is 0.102. The highest BCUT2D eigenvalue weighted by molar-refractivity contribution is 6.31. The summed E-state index contributed by atoms with van der Waals surface area (Å²) in [5.41, 5.74) is 1.25. The van der Waals surface area contributed by atoms with Crippen LogP contribution in [0.4, 0.5) is 5.69 Å². The molecule has 1 heterocycles. The van der Waals surface area contributed by atoms with Crippen LogP contribution in [0.2, 0.25) is 5.02 Å². The van der Waals surface area contributed by atoms with Gasteiger partial charge in [-0.1, -0.05) is 17.7 Å². The van der Waals surface area contributed by atoms with Crippen molar-refractivity contribution >= 4 is 23.2 Å². The van der Waals surface area contributed by atoms with Crippen molar-refractivity contribution in [3.05, 3.63) is 63.0 Å². The van der Waals surface area contributed by atoms with Crippen LogP contribution in [0.15, 0.2) is 41.3 Å². The largest absolute Gasteiger partial charge is 0.322 e. The van der Waals surface area contributed by atoms with Gasteiger partial charge in [0, 0.05) is 24.0 Å². The first-order valence-electron chi connectivity index (χ1n) is 5.72. The van der Waals surface area contributed by atoms with E-state index in [2.05, 4.69) is 5.32 Å². The number of carbonyl (C=O) groups excluding carboxylic acids is 1. The number of benzene rings is 1. The summed E-state index contributed by atoms with van der Waals surface area (Å²) in [4.78, 5) is 23.8. The lowest BCUT2D eigenvalue weighted by atomic mass is 10.2. The summed E-state index contributed by atoms with van der Waals surface area (Å²) in [7, 11) is 1.60. The van der Waals surface area contributed by atoms with E-state index in [0.717, 1.165) is 5.56 Å². The van der Waals surface area contributed by atoms with E-state index in [1.807, 2.05) is 6.92 Å². The van der Waals surface area contributed by atoms with Crippen molar-refractivity contribution < 1.29 is 4.79 Å². The van der Waals surface area contributed by atoms with E-state index in [9.17, 15) is 9.59 Å². The van der Waals surface area contributed by atoms with E-state index in [-0.39, 0.29) is 11.1 Å². The third-order valence-corrected chi connectivity index (χ3v) is 3.20. The topological polar surface area (TPSA) is 51.1 Å². The molecule has 0 unspecified atom stereocenters. The summed E-state index contributed by atoms with van der Waals surface area (Å²) in [6.45, 7) is 1.88. The Morgan fingerprint density at radius 2 is 2.05 bits per heavy atom. The molecule has 2 aromatic rings. The number of anilines is 1. The van der Waals surface area contributed by atoms with Crippen molar-refractivity contribution in [1.82, 2.24) is 4.57 Å². The average Bonchev–Trinajstić information content (AvgIpc) is 2.37. The molecule has 0 radical (unpaired) electrons. The molecule has 1 aromatic heterocycles. The lowest BCUT2D eigenvalue weighted by Gasteiger charge is -2.07. The number of pyridine rings is 1. The predicted octanol–water partition coefficient (Wildman–Crippen LogP) is 2.60. The number of nitrogens with zero attached hydrogens (tertiary/aromatic N) is 1. The van der Waals surface area contributed by atoms with Crippen molar-refractivity contribution in [2.75, 3.05) is 5.32 Å². The van der Waals surface area contributed by atoms with Gasteiger partial charge < -0.3 is 9.88 Å². The maximum absolute atomic E-state index is 12.0. The van der Waals surface area contributed by atoms with Crippen LogP contribution in [-0.2, 0) is 7.05 Å². The monoisotopic (exact) mass is 276 g/mol. The molecule has 1 amide bonds. The van der Waals surface area contributed by atoms with Gasteiger partial charge in [0.25, 0.3) is 11.5 Å². The van der Waals surface area contributed by atoms with E-state index >= 15 is 0 Å². The number of aromatic nitrogens is 1. The minimum Gasteiger partial charge on any atom is -0.322 e. The van der Waals surface area contributed by atoms with Crippen LogP contribution in [0.3, 0.4) is 0 Å². The highest BCUT2D eigenvalue weighted by Gasteiger charge is 2.11. The van der Waals surface area contributed by atoms with Crippen LogP contribution in [0.25, 0.3) is 0 Å². The zero-order chi connectivity index (χ0) is 14.0. The molecule has 0 saturated carbocycles. The van der Waals surface area contributed by atoms with Crippen molar-refractivity contribution in [3.63, 3.8) is 0 Å². The fraction of sp³-hybridized carbons (Fsp3) is 0.143. The summed E-state index contributed by atoms with van der Waals surface area (Å²) < 4.78 is 1.36. The van der Waals surface area contributed by atoms with Crippen molar-refractivity contribution in [2.24, 2.45) is 7.05 Å². The number of carbonyl (C=O) groups is 1. The zero-order valence-corrected chi connectivity index (χ0v) is 11.4. The van der Waals surface area contributed by atoms with Gasteiger partial charge in [0.2, 0.25) is 0 Å². The Morgan fingerprint density at radius 3 is 2.74 bits per heavy atom. The summed E-state index contributed by atoms with van der Waals surface area (Å²) in [6, 6.07) is 8.35. The number of hydrogen-bond donors (Lipinski definition) is 1. The van der Waals surface area contributed by atoms with Gasteiger partial charge in [-0.3, -0.25) is 9.59 Å². The molecular weight excluding hydrogens is 264 g/mol. The van der Waals surface area contributed by atoms with Crippen LogP contribution in [-0.4, -0.2) is 10.5 Å². The molecule has 1 N–H and O–H groups in total. The summed E-state index contributed by atoms with van der Waals surface area (Å²) in [6.07, 6.45) is 1.60. The second kappa shape index (κ2) is 5.28. The molecule has 0 spiro atoms. The number of nitrogens with one attached hydrogen (secondary N) is 1. The maximum Gasteiger partial charge on any atom is 0.263 e. The predicted molar refractivity (Wildman–Crippen MR) is 75.8 cm³/mol. The second-order valence-corrected chi connectivity index (χ2v) is 4.66. The molecule has 1 aromatic carbocycles. The zero-order valence-electron chi connectivity index (χ0n) is 10.6. The normalized spacial score (nSPS) is 10.3. The highest BCUT2D eigenvalue weighted by Crippen LogP contribution is 2.20. The summed E-state index contributed by atoms with van der Waals surface area (Å²) in [5.74, 6) is -0.443. The van der Waals surface area contributed by atoms with Gasteiger partial charge >= 0.3 is 0 Å². The Bertz CT molecular complexity index is 692. The molecule has 0 saturated heterocycles. The molecule has 0 aliphatic rings. The van der Waals surface area contributed by atoms with Crippen LogP contribution >= 0.6 is 11.6 Å². The van der Waals surface area contributed by atoms with Crippen molar-refractivity contribution in [3.8, 4) is 0 Å². The Morgan fingerprint density at radius 1 is 1.32 bits per heavy atom. The lowest BCUT2D eigenvalue weighted by Crippen LogP contribution is -2.27. The number of hydrogen-bond acceptors (Lipinski definition) is 2. The highest BCUT2D eigenvalue weighted by atomic mass is 35.5. The third kappa shape index (κ3) is 2.85. The van der Waals surface area contributed by atoms with Gasteiger partial charge in [-0.25, -0.2) is 0 Å².